The molecule has 0 atom stereocenters. The Morgan fingerprint density at radius 3 is 2.29 bits per heavy atom. The van der Waals surface area contributed by atoms with Crippen LogP contribution < -0.4 is 5.46 Å². The van der Waals surface area contributed by atoms with Crippen LogP contribution in [0.15, 0.2) is 60.7 Å². The molecule has 1 aromatic heterocycles. The van der Waals surface area contributed by atoms with Gasteiger partial charge >= 0.3 is 7.12 Å². The van der Waals surface area contributed by atoms with Gasteiger partial charge in [-0.1, -0.05) is 54.6 Å². The summed E-state index contributed by atoms with van der Waals surface area (Å²) in [5.74, 6) is 0. The highest BCUT2D eigenvalue weighted by atomic mass is 32.1. The van der Waals surface area contributed by atoms with Gasteiger partial charge in [0.2, 0.25) is 0 Å². The molecular formula is C23H22BNO2S. The second kappa shape index (κ2) is 6.15. The molecule has 1 aliphatic rings. The minimum atomic E-state index is -0.406. The predicted molar refractivity (Wildman–Crippen MR) is 118 cm³/mol. The van der Waals surface area contributed by atoms with Gasteiger partial charge in [-0.2, -0.15) is 0 Å². The summed E-state index contributed by atoms with van der Waals surface area (Å²) in [4.78, 5) is 5.03. The van der Waals surface area contributed by atoms with Gasteiger partial charge in [-0.05, 0) is 44.5 Å². The summed E-state index contributed by atoms with van der Waals surface area (Å²) in [7, 11) is -0.406. The van der Waals surface area contributed by atoms with Crippen molar-refractivity contribution in [2.75, 3.05) is 0 Å². The van der Waals surface area contributed by atoms with Crippen molar-refractivity contribution in [1.82, 2.24) is 4.98 Å². The lowest BCUT2D eigenvalue weighted by Crippen LogP contribution is -2.41. The summed E-state index contributed by atoms with van der Waals surface area (Å²) in [5, 5.41) is 3.47. The Kier molecular flexibility index (Phi) is 3.92. The molecule has 0 aliphatic carbocycles. The van der Waals surface area contributed by atoms with E-state index in [1.807, 2.05) is 0 Å². The molecule has 5 rings (SSSR count). The molecule has 0 bridgehead atoms. The molecule has 0 spiro atoms. The largest absolute Gasteiger partial charge is 0.497 e. The van der Waals surface area contributed by atoms with Gasteiger partial charge in [-0.3, -0.25) is 0 Å². The summed E-state index contributed by atoms with van der Waals surface area (Å²) in [6.07, 6.45) is 0. The summed E-state index contributed by atoms with van der Waals surface area (Å²) < 4.78 is 13.7. The second-order valence-electron chi connectivity index (χ2n) is 8.33. The Bertz CT molecular complexity index is 1180. The molecule has 140 valence electrons. The van der Waals surface area contributed by atoms with Crippen LogP contribution in [0.25, 0.3) is 31.6 Å². The van der Waals surface area contributed by atoms with E-state index >= 15 is 0 Å². The fourth-order valence-electron chi connectivity index (χ4n) is 3.66. The van der Waals surface area contributed by atoms with Crippen molar-refractivity contribution in [1.29, 1.82) is 0 Å². The normalized spacial score (nSPS) is 18.2. The number of para-hydroxylation sites is 1. The highest BCUT2D eigenvalue weighted by Crippen LogP contribution is 2.38. The maximum Gasteiger partial charge on any atom is 0.497 e. The van der Waals surface area contributed by atoms with Gasteiger partial charge in [0.25, 0.3) is 0 Å². The second-order valence-corrected chi connectivity index (χ2v) is 9.36. The van der Waals surface area contributed by atoms with Crippen LogP contribution in [0.2, 0.25) is 0 Å². The maximum absolute atomic E-state index is 6.29. The van der Waals surface area contributed by atoms with Gasteiger partial charge in [0, 0.05) is 11.0 Å². The number of fused-ring (bicyclic) bond motifs is 2. The molecule has 0 amide bonds. The number of hydrogen-bond donors (Lipinski definition) is 0. The maximum atomic E-state index is 6.29. The number of aromatic nitrogens is 1. The van der Waals surface area contributed by atoms with Crippen LogP contribution in [0.3, 0.4) is 0 Å². The van der Waals surface area contributed by atoms with Crippen molar-refractivity contribution < 1.29 is 9.31 Å². The summed E-state index contributed by atoms with van der Waals surface area (Å²) in [6, 6.07) is 21.1. The molecule has 1 aliphatic heterocycles. The quantitative estimate of drug-likeness (QED) is 0.431. The standard InChI is InChI=1S/C23H22BNO2S/c1-22(2)23(3,4)27-24(26-22)18-13-8-14-19-20(18)25-21(28-19)17-12-7-10-15-9-5-6-11-16(15)17/h5-14H,1-4H3. The zero-order valence-electron chi connectivity index (χ0n) is 16.5. The van der Waals surface area contributed by atoms with Crippen LogP contribution in [0.4, 0.5) is 0 Å². The van der Waals surface area contributed by atoms with E-state index in [-0.39, 0.29) is 11.2 Å². The molecule has 5 heteroatoms. The average Bonchev–Trinajstić information content (AvgIpc) is 3.19. The Hall–Kier alpha value is -2.21. The van der Waals surface area contributed by atoms with Crippen molar-refractivity contribution >= 4 is 44.9 Å². The van der Waals surface area contributed by atoms with Gasteiger partial charge in [-0.25, -0.2) is 4.98 Å². The third-order valence-corrected chi connectivity index (χ3v) is 7.03. The van der Waals surface area contributed by atoms with Crippen LogP contribution in [0, 0.1) is 0 Å². The van der Waals surface area contributed by atoms with Gasteiger partial charge in [0.1, 0.15) is 5.01 Å². The van der Waals surface area contributed by atoms with Crippen LogP contribution in [0.5, 0.6) is 0 Å². The molecule has 0 N–H and O–H groups in total. The molecular weight excluding hydrogens is 365 g/mol. The highest BCUT2D eigenvalue weighted by Gasteiger charge is 2.52. The van der Waals surface area contributed by atoms with E-state index in [2.05, 4.69) is 88.4 Å². The molecule has 4 aromatic rings. The molecule has 0 saturated carbocycles. The fourth-order valence-corrected chi connectivity index (χ4v) is 4.70. The van der Waals surface area contributed by atoms with E-state index < -0.39 is 7.12 Å². The minimum absolute atomic E-state index is 0.367. The van der Waals surface area contributed by atoms with E-state index in [4.69, 9.17) is 14.3 Å². The average molecular weight is 387 g/mol. The van der Waals surface area contributed by atoms with Gasteiger partial charge in [0.15, 0.2) is 0 Å². The van der Waals surface area contributed by atoms with Gasteiger partial charge in [0.05, 0.1) is 21.4 Å². The van der Waals surface area contributed by atoms with E-state index in [0.29, 0.717) is 0 Å². The van der Waals surface area contributed by atoms with Gasteiger partial charge < -0.3 is 9.31 Å². The molecule has 0 radical (unpaired) electrons. The molecule has 0 unspecified atom stereocenters. The predicted octanol–water partition coefficient (Wildman–Crippen LogP) is 5.42. The number of rotatable bonds is 2. The Labute approximate surface area is 169 Å². The third kappa shape index (κ3) is 2.69. The van der Waals surface area contributed by atoms with E-state index in [1.165, 1.54) is 16.3 Å². The Morgan fingerprint density at radius 1 is 0.821 bits per heavy atom. The monoisotopic (exact) mass is 387 g/mol. The first-order chi connectivity index (χ1) is 13.4. The van der Waals surface area contributed by atoms with Crippen molar-refractivity contribution in [3.8, 4) is 10.6 Å². The highest BCUT2D eigenvalue weighted by molar-refractivity contribution is 7.22. The molecule has 2 heterocycles. The number of hydrogen-bond acceptors (Lipinski definition) is 4. The zero-order chi connectivity index (χ0) is 19.5. The fraction of sp³-hybridized carbons (Fsp3) is 0.261. The van der Waals surface area contributed by atoms with Gasteiger partial charge in [-0.15, -0.1) is 11.3 Å². The number of thiazole rings is 1. The summed E-state index contributed by atoms with van der Waals surface area (Å²) in [5.41, 5.74) is 2.40. The Balaban J connectivity index is 1.65. The lowest BCUT2D eigenvalue weighted by atomic mass is 9.78. The van der Waals surface area contributed by atoms with E-state index in [1.54, 1.807) is 11.3 Å². The van der Waals surface area contributed by atoms with Crippen molar-refractivity contribution in [3.63, 3.8) is 0 Å². The molecule has 3 aromatic carbocycles. The zero-order valence-corrected chi connectivity index (χ0v) is 17.3. The molecule has 1 saturated heterocycles. The first-order valence-electron chi connectivity index (χ1n) is 9.59. The minimum Gasteiger partial charge on any atom is -0.399 e. The van der Waals surface area contributed by atoms with Crippen molar-refractivity contribution in [2.45, 2.75) is 38.9 Å². The smallest absolute Gasteiger partial charge is 0.399 e. The van der Waals surface area contributed by atoms with Crippen molar-refractivity contribution in [3.05, 3.63) is 60.7 Å². The number of nitrogens with zero attached hydrogens (tertiary/aromatic N) is 1. The molecule has 1 fully saturated rings. The summed E-state index contributed by atoms with van der Waals surface area (Å²) >= 11 is 1.72. The van der Waals surface area contributed by atoms with Crippen LogP contribution in [-0.2, 0) is 9.31 Å². The SMILES string of the molecule is CC1(C)OB(c2cccc3sc(-c4cccc5ccccc45)nc23)OC1(C)C. The lowest BCUT2D eigenvalue weighted by molar-refractivity contribution is 0.00578. The third-order valence-electron chi connectivity index (χ3n) is 5.98. The Morgan fingerprint density at radius 2 is 1.50 bits per heavy atom. The van der Waals surface area contributed by atoms with Crippen LogP contribution in [-0.4, -0.2) is 23.3 Å². The topological polar surface area (TPSA) is 31.4 Å². The summed E-state index contributed by atoms with van der Waals surface area (Å²) in [6.45, 7) is 8.32. The van der Waals surface area contributed by atoms with Crippen LogP contribution >= 0.6 is 11.3 Å². The van der Waals surface area contributed by atoms with Crippen molar-refractivity contribution in [2.24, 2.45) is 0 Å². The number of benzene rings is 3. The van der Waals surface area contributed by atoms with E-state index in [9.17, 15) is 0 Å². The lowest BCUT2D eigenvalue weighted by Gasteiger charge is -2.32. The van der Waals surface area contributed by atoms with E-state index in [0.717, 1.165) is 20.7 Å². The first-order valence-corrected chi connectivity index (χ1v) is 10.4. The first kappa shape index (κ1) is 17.9. The van der Waals surface area contributed by atoms with Crippen LogP contribution in [0.1, 0.15) is 27.7 Å². The molecule has 28 heavy (non-hydrogen) atoms. The molecule has 3 nitrogen and oxygen atoms in total.